The second-order valence-corrected chi connectivity index (χ2v) is 5.70. The van der Waals surface area contributed by atoms with Crippen LogP contribution in [0.25, 0.3) is 11.2 Å². The number of nitrogens with two attached hydrogens (primary N) is 1. The van der Waals surface area contributed by atoms with Gasteiger partial charge in [-0.2, -0.15) is 4.98 Å². The number of rotatable bonds is 3. The number of hydrogen-bond donors (Lipinski definition) is 1. The van der Waals surface area contributed by atoms with Gasteiger partial charge in [0.2, 0.25) is 5.95 Å². The highest BCUT2D eigenvalue weighted by atomic mass is 79.9. The molecular weight excluding hydrogens is 348 g/mol. The van der Waals surface area contributed by atoms with Crippen molar-refractivity contribution in [3.63, 3.8) is 0 Å². The molecule has 3 heterocycles. The number of nitrogens with zero attached hydrogens (tertiary/aromatic N) is 5. The SMILES string of the molecule is COc1c(C)ncc(Cn2cnc3c(Br)nc(N)nc32)c1C. The molecular formula is C14H15BrN6O. The van der Waals surface area contributed by atoms with Crippen molar-refractivity contribution in [1.29, 1.82) is 0 Å². The van der Waals surface area contributed by atoms with E-state index in [-0.39, 0.29) is 5.95 Å². The Kier molecular flexibility index (Phi) is 3.69. The Hall–Kier alpha value is -2.22. The lowest BCUT2D eigenvalue weighted by Gasteiger charge is -2.13. The maximum Gasteiger partial charge on any atom is 0.223 e. The summed E-state index contributed by atoms with van der Waals surface area (Å²) in [5, 5.41) is 0. The first-order valence-electron chi connectivity index (χ1n) is 6.64. The van der Waals surface area contributed by atoms with Crippen LogP contribution in [0.1, 0.15) is 16.8 Å². The van der Waals surface area contributed by atoms with E-state index in [4.69, 9.17) is 10.5 Å². The van der Waals surface area contributed by atoms with Crippen molar-refractivity contribution in [3.8, 4) is 5.75 Å². The number of hydrogen-bond acceptors (Lipinski definition) is 6. The molecule has 22 heavy (non-hydrogen) atoms. The van der Waals surface area contributed by atoms with E-state index in [1.165, 1.54) is 0 Å². The first-order valence-corrected chi connectivity index (χ1v) is 7.43. The predicted molar refractivity (Wildman–Crippen MR) is 86.8 cm³/mol. The van der Waals surface area contributed by atoms with Crippen LogP contribution in [-0.4, -0.2) is 31.6 Å². The molecule has 0 aliphatic rings. The van der Waals surface area contributed by atoms with E-state index in [1.807, 2.05) is 24.6 Å². The fraction of sp³-hybridized carbons (Fsp3) is 0.286. The minimum Gasteiger partial charge on any atom is -0.495 e. The fourth-order valence-electron chi connectivity index (χ4n) is 2.43. The first-order chi connectivity index (χ1) is 10.5. The van der Waals surface area contributed by atoms with Crippen LogP contribution in [0, 0.1) is 13.8 Å². The summed E-state index contributed by atoms with van der Waals surface area (Å²) in [6, 6.07) is 0. The third-order valence-electron chi connectivity index (χ3n) is 3.55. The zero-order chi connectivity index (χ0) is 15.9. The molecule has 2 N–H and O–H groups in total. The number of fused-ring (bicyclic) bond motifs is 1. The van der Waals surface area contributed by atoms with Crippen LogP contribution < -0.4 is 10.5 Å². The average Bonchev–Trinajstić information content (AvgIpc) is 2.86. The summed E-state index contributed by atoms with van der Waals surface area (Å²) in [5.74, 6) is 1.01. The first kappa shape index (κ1) is 14.7. The zero-order valence-corrected chi connectivity index (χ0v) is 14.0. The minimum absolute atomic E-state index is 0.206. The lowest BCUT2D eigenvalue weighted by Crippen LogP contribution is -2.06. The second-order valence-electron chi connectivity index (χ2n) is 4.94. The molecule has 0 atom stereocenters. The van der Waals surface area contributed by atoms with Gasteiger partial charge in [0.05, 0.1) is 25.7 Å². The van der Waals surface area contributed by atoms with Gasteiger partial charge in [-0.15, -0.1) is 0 Å². The molecule has 0 unspecified atom stereocenters. The molecule has 3 aromatic rings. The van der Waals surface area contributed by atoms with Gasteiger partial charge >= 0.3 is 0 Å². The molecule has 0 aliphatic heterocycles. The van der Waals surface area contributed by atoms with E-state index < -0.39 is 0 Å². The Morgan fingerprint density at radius 3 is 2.77 bits per heavy atom. The molecule has 114 valence electrons. The van der Waals surface area contributed by atoms with Gasteiger partial charge in [0, 0.05) is 6.20 Å². The van der Waals surface area contributed by atoms with Gasteiger partial charge in [0.15, 0.2) is 5.65 Å². The van der Waals surface area contributed by atoms with Gasteiger partial charge in [-0.05, 0) is 40.9 Å². The Balaban J connectivity index is 2.08. The van der Waals surface area contributed by atoms with Crippen molar-refractivity contribution in [2.45, 2.75) is 20.4 Å². The standard InChI is InChI=1S/C14H15BrN6O/c1-7-9(4-17-8(2)11(7)22-3)5-21-6-18-10-12(15)19-14(16)20-13(10)21/h4,6H,5H2,1-3H3,(H2,16,19,20). The van der Waals surface area contributed by atoms with Crippen LogP contribution in [0.2, 0.25) is 0 Å². The third-order valence-corrected chi connectivity index (χ3v) is 4.10. The number of aryl methyl sites for hydroxylation is 1. The molecule has 0 saturated heterocycles. The van der Waals surface area contributed by atoms with Crippen LogP contribution in [0.3, 0.4) is 0 Å². The lowest BCUT2D eigenvalue weighted by atomic mass is 10.1. The summed E-state index contributed by atoms with van der Waals surface area (Å²) in [5.41, 5.74) is 10.0. The molecule has 8 heteroatoms. The van der Waals surface area contributed by atoms with E-state index in [1.54, 1.807) is 13.4 Å². The summed E-state index contributed by atoms with van der Waals surface area (Å²) in [7, 11) is 1.65. The lowest BCUT2D eigenvalue weighted by molar-refractivity contribution is 0.405. The highest BCUT2D eigenvalue weighted by Gasteiger charge is 2.14. The number of halogens is 1. The van der Waals surface area contributed by atoms with Gasteiger partial charge in [-0.1, -0.05) is 0 Å². The van der Waals surface area contributed by atoms with Gasteiger partial charge in [-0.25, -0.2) is 9.97 Å². The summed E-state index contributed by atoms with van der Waals surface area (Å²) in [6.07, 6.45) is 3.56. The molecule has 7 nitrogen and oxygen atoms in total. The topological polar surface area (TPSA) is 91.7 Å². The summed E-state index contributed by atoms with van der Waals surface area (Å²) < 4.78 is 7.92. The van der Waals surface area contributed by atoms with E-state index in [0.717, 1.165) is 22.6 Å². The third kappa shape index (κ3) is 2.39. The van der Waals surface area contributed by atoms with Gasteiger partial charge < -0.3 is 15.0 Å². The van der Waals surface area contributed by atoms with Crippen LogP contribution in [0.4, 0.5) is 5.95 Å². The Morgan fingerprint density at radius 2 is 2.05 bits per heavy atom. The van der Waals surface area contributed by atoms with E-state index in [2.05, 4.69) is 35.9 Å². The summed E-state index contributed by atoms with van der Waals surface area (Å²) >= 11 is 3.35. The Bertz CT molecular complexity index is 860. The highest BCUT2D eigenvalue weighted by Crippen LogP contribution is 2.26. The van der Waals surface area contributed by atoms with Crippen molar-refractivity contribution in [2.24, 2.45) is 0 Å². The zero-order valence-electron chi connectivity index (χ0n) is 12.5. The van der Waals surface area contributed by atoms with Crippen LogP contribution in [-0.2, 0) is 6.54 Å². The predicted octanol–water partition coefficient (Wildman–Crippen LogP) is 2.24. The molecule has 0 saturated carbocycles. The Morgan fingerprint density at radius 1 is 1.27 bits per heavy atom. The molecule has 3 aromatic heterocycles. The number of methoxy groups -OCH3 is 1. The highest BCUT2D eigenvalue weighted by molar-refractivity contribution is 9.10. The van der Waals surface area contributed by atoms with E-state index in [0.29, 0.717) is 22.3 Å². The smallest absolute Gasteiger partial charge is 0.223 e. The molecule has 3 rings (SSSR count). The number of ether oxygens (including phenoxy) is 1. The van der Waals surface area contributed by atoms with Gasteiger partial charge in [0.1, 0.15) is 15.9 Å². The van der Waals surface area contributed by atoms with E-state index in [9.17, 15) is 0 Å². The number of anilines is 1. The maximum absolute atomic E-state index is 5.72. The van der Waals surface area contributed by atoms with Crippen molar-refractivity contribution in [1.82, 2.24) is 24.5 Å². The van der Waals surface area contributed by atoms with Crippen molar-refractivity contribution in [3.05, 3.63) is 33.9 Å². The Labute approximate surface area is 135 Å². The van der Waals surface area contributed by atoms with Crippen molar-refractivity contribution >= 4 is 33.0 Å². The van der Waals surface area contributed by atoms with Crippen molar-refractivity contribution in [2.75, 3.05) is 12.8 Å². The fourth-order valence-corrected chi connectivity index (χ4v) is 2.89. The maximum atomic E-state index is 5.72. The molecule has 0 fully saturated rings. The van der Waals surface area contributed by atoms with Crippen LogP contribution in [0.15, 0.2) is 17.1 Å². The quantitative estimate of drug-likeness (QED) is 0.718. The normalized spacial score (nSPS) is 11.1. The summed E-state index contributed by atoms with van der Waals surface area (Å²) in [4.78, 5) is 17.0. The average molecular weight is 363 g/mol. The van der Waals surface area contributed by atoms with Gasteiger partial charge in [-0.3, -0.25) is 4.98 Å². The molecule has 0 amide bonds. The molecule has 0 radical (unpaired) electrons. The van der Waals surface area contributed by atoms with Gasteiger partial charge in [0.25, 0.3) is 0 Å². The monoisotopic (exact) mass is 362 g/mol. The second kappa shape index (κ2) is 5.53. The van der Waals surface area contributed by atoms with Crippen LogP contribution >= 0.6 is 15.9 Å². The largest absolute Gasteiger partial charge is 0.495 e. The molecule has 0 aromatic carbocycles. The molecule has 0 aliphatic carbocycles. The van der Waals surface area contributed by atoms with E-state index >= 15 is 0 Å². The number of nitrogen functional groups attached to an aromatic ring is 1. The van der Waals surface area contributed by atoms with Crippen molar-refractivity contribution < 1.29 is 4.74 Å². The number of imidazole rings is 1. The van der Waals surface area contributed by atoms with Crippen LogP contribution in [0.5, 0.6) is 5.75 Å². The summed E-state index contributed by atoms with van der Waals surface area (Å²) in [6.45, 7) is 4.52. The molecule has 0 bridgehead atoms. The number of aromatic nitrogens is 5. The molecule has 0 spiro atoms. The minimum atomic E-state index is 0.206. The number of pyridine rings is 1.